The predicted octanol–water partition coefficient (Wildman–Crippen LogP) is 0.555. The second-order valence-electron chi connectivity index (χ2n) is 2.47. The molecule has 0 aromatic carbocycles. The van der Waals surface area contributed by atoms with Gasteiger partial charge in [-0.1, -0.05) is 0 Å². The van der Waals surface area contributed by atoms with E-state index in [9.17, 15) is 13.9 Å². The maximum atomic E-state index is 10.7. The molecule has 1 atom stereocenters. The van der Waals surface area contributed by atoms with Crippen LogP contribution in [0.1, 0.15) is 12.8 Å². The average molecular weight is 193 g/mol. The van der Waals surface area contributed by atoms with Gasteiger partial charge < -0.3 is 0 Å². The molecule has 0 aliphatic carbocycles. The number of carbonyl (C=O) groups excluding carboxylic acids is 1. The number of carbonyl (C=O) groups is 1. The highest BCUT2D eigenvalue weighted by Crippen LogP contribution is 2.27. The quantitative estimate of drug-likeness (QED) is 0.391. The smallest absolute Gasteiger partial charge is 0.299 e. The van der Waals surface area contributed by atoms with E-state index < -0.39 is 19.8 Å². The lowest BCUT2D eigenvalue weighted by Crippen LogP contribution is -2.31. The summed E-state index contributed by atoms with van der Waals surface area (Å²) in [6.07, 6.45) is 1.02. The number of nitrogens with zero attached hydrogens (tertiary/aromatic N) is 1. The van der Waals surface area contributed by atoms with E-state index in [1.807, 2.05) is 0 Å². The first-order valence-corrected chi connectivity index (χ1v) is 4.56. The molecule has 0 saturated carbocycles. The highest BCUT2D eigenvalue weighted by atomic mass is 31.1. The summed E-state index contributed by atoms with van der Waals surface area (Å²) in [7, 11) is -2.76. The zero-order chi connectivity index (χ0) is 9.14. The summed E-state index contributed by atoms with van der Waals surface area (Å²) in [6, 6.07) is -0.837. The summed E-state index contributed by atoms with van der Waals surface area (Å²) in [6.45, 7) is 0.318. The minimum absolute atomic E-state index is 0.318. The molecule has 0 spiro atoms. The van der Waals surface area contributed by atoms with Crippen LogP contribution in [-0.2, 0) is 18.8 Å². The average Bonchev–Trinajstić information content (AvgIpc) is 2.50. The van der Waals surface area contributed by atoms with Crippen LogP contribution in [0.15, 0.2) is 0 Å². The van der Waals surface area contributed by atoms with Gasteiger partial charge in [-0.05, 0) is 12.8 Å². The van der Waals surface area contributed by atoms with E-state index in [-0.39, 0.29) is 0 Å². The molecule has 0 unspecified atom stereocenters. The van der Waals surface area contributed by atoms with Crippen molar-refractivity contribution in [3.05, 3.63) is 0 Å². The Morgan fingerprint density at radius 1 is 1.58 bits per heavy atom. The lowest BCUT2D eigenvalue weighted by atomic mass is 10.2. The Morgan fingerprint density at radius 2 is 2.25 bits per heavy atom. The molecule has 0 aromatic heterocycles. The summed E-state index contributed by atoms with van der Waals surface area (Å²) in [4.78, 5) is 14.2. The molecule has 1 fully saturated rings. The van der Waals surface area contributed by atoms with Crippen LogP contribution < -0.4 is 0 Å². The molecule has 1 saturated heterocycles. The maximum absolute atomic E-state index is 10.7. The van der Waals surface area contributed by atoms with E-state index in [1.165, 1.54) is 0 Å². The van der Waals surface area contributed by atoms with Crippen molar-refractivity contribution >= 4 is 13.8 Å². The zero-order valence-corrected chi connectivity index (χ0v) is 7.07. The van der Waals surface area contributed by atoms with E-state index in [2.05, 4.69) is 4.89 Å². The van der Waals surface area contributed by atoms with E-state index >= 15 is 0 Å². The van der Waals surface area contributed by atoms with Crippen molar-refractivity contribution < 1.29 is 24.1 Å². The van der Waals surface area contributed by atoms with Crippen LogP contribution in [0.4, 0.5) is 0 Å². The van der Waals surface area contributed by atoms with E-state index in [0.717, 1.165) is 4.67 Å². The maximum Gasteiger partial charge on any atom is 0.399 e. The highest BCUT2D eigenvalue weighted by molar-refractivity contribution is 7.27. The molecule has 1 aliphatic heterocycles. The number of rotatable bonds is 2. The molecule has 0 aromatic rings. The Bertz CT molecular complexity index is 242. The Morgan fingerprint density at radius 3 is 2.75 bits per heavy atom. The van der Waals surface area contributed by atoms with Gasteiger partial charge in [0.1, 0.15) is 6.04 Å². The van der Waals surface area contributed by atoms with Crippen LogP contribution in [0.3, 0.4) is 0 Å². The van der Waals surface area contributed by atoms with E-state index in [0.29, 0.717) is 19.4 Å². The van der Waals surface area contributed by atoms with Crippen LogP contribution in [-0.4, -0.2) is 28.5 Å². The fraction of sp³-hybridized carbons (Fsp3) is 0.800. The van der Waals surface area contributed by atoms with Gasteiger partial charge in [0, 0.05) is 6.54 Å². The second-order valence-corrected chi connectivity index (χ2v) is 3.46. The first-order chi connectivity index (χ1) is 5.66. The van der Waals surface area contributed by atoms with Gasteiger partial charge in [-0.25, -0.2) is 13.9 Å². The molecule has 7 heteroatoms. The summed E-state index contributed by atoms with van der Waals surface area (Å²) >= 11 is 0. The normalized spacial score (nSPS) is 23.9. The fourth-order valence-corrected chi connectivity index (χ4v) is 1.99. The molecular formula is C5H8NO5P. The summed E-state index contributed by atoms with van der Waals surface area (Å²) in [5, 5.41) is 8.02. The SMILES string of the molecule is O=C(OO)[C@@H]1CCCN1P(=O)=O. The molecule has 0 radical (unpaired) electrons. The standard InChI is InChI=1S/C5H8NO5P/c7-5(11-8)4-2-1-3-6(4)12(9)10/h4,8H,1-3H2/t4-/m0/s1. The minimum atomic E-state index is -2.76. The van der Waals surface area contributed by atoms with Gasteiger partial charge in [0.05, 0.1) is 0 Å². The van der Waals surface area contributed by atoms with Gasteiger partial charge in [0.15, 0.2) is 0 Å². The zero-order valence-electron chi connectivity index (χ0n) is 6.17. The third-order valence-corrected chi connectivity index (χ3v) is 2.69. The molecule has 68 valence electrons. The molecule has 1 aliphatic rings. The molecule has 12 heavy (non-hydrogen) atoms. The molecule has 1 N–H and O–H groups in total. The van der Waals surface area contributed by atoms with Gasteiger partial charge in [0.25, 0.3) is 0 Å². The fourth-order valence-electron chi connectivity index (χ4n) is 1.25. The number of hydrogen-bond acceptors (Lipinski definition) is 5. The van der Waals surface area contributed by atoms with Crippen LogP contribution in [0.25, 0.3) is 0 Å². The Kier molecular flexibility index (Phi) is 2.97. The van der Waals surface area contributed by atoms with E-state index in [1.54, 1.807) is 0 Å². The second kappa shape index (κ2) is 3.80. The van der Waals surface area contributed by atoms with Gasteiger partial charge >= 0.3 is 13.8 Å². The number of hydrogen-bond donors (Lipinski definition) is 1. The third-order valence-electron chi connectivity index (χ3n) is 1.80. The first-order valence-electron chi connectivity index (χ1n) is 3.43. The minimum Gasteiger partial charge on any atom is -0.299 e. The monoisotopic (exact) mass is 193 g/mol. The van der Waals surface area contributed by atoms with Gasteiger partial charge in [-0.15, -0.1) is 0 Å². The highest BCUT2D eigenvalue weighted by Gasteiger charge is 2.35. The molecule has 1 rings (SSSR count). The third kappa shape index (κ3) is 1.72. The van der Waals surface area contributed by atoms with Crippen molar-refractivity contribution in [2.24, 2.45) is 0 Å². The van der Waals surface area contributed by atoms with Crippen molar-refractivity contribution in [1.29, 1.82) is 0 Å². The summed E-state index contributed by atoms with van der Waals surface area (Å²) < 4.78 is 22.0. The van der Waals surface area contributed by atoms with Crippen LogP contribution in [0.2, 0.25) is 0 Å². The summed E-state index contributed by atoms with van der Waals surface area (Å²) in [5.41, 5.74) is 0. The topological polar surface area (TPSA) is 83.9 Å². The van der Waals surface area contributed by atoms with Crippen molar-refractivity contribution in [1.82, 2.24) is 4.67 Å². The molecular weight excluding hydrogens is 185 g/mol. The Hall–Kier alpha value is -0.710. The van der Waals surface area contributed by atoms with E-state index in [4.69, 9.17) is 5.26 Å². The lowest BCUT2D eigenvalue weighted by molar-refractivity contribution is -0.237. The van der Waals surface area contributed by atoms with Gasteiger partial charge in [0.2, 0.25) is 0 Å². The Labute approximate surface area is 68.9 Å². The molecule has 6 nitrogen and oxygen atoms in total. The van der Waals surface area contributed by atoms with Crippen molar-refractivity contribution in [3.8, 4) is 0 Å². The van der Waals surface area contributed by atoms with Crippen molar-refractivity contribution in [3.63, 3.8) is 0 Å². The summed E-state index contributed by atoms with van der Waals surface area (Å²) in [5.74, 6) is -0.910. The van der Waals surface area contributed by atoms with Gasteiger partial charge in [-0.3, -0.25) is 4.89 Å². The van der Waals surface area contributed by atoms with Crippen molar-refractivity contribution in [2.45, 2.75) is 18.9 Å². The lowest BCUT2D eigenvalue weighted by Gasteiger charge is -2.11. The largest absolute Gasteiger partial charge is 0.399 e. The first kappa shape index (κ1) is 9.38. The van der Waals surface area contributed by atoms with Gasteiger partial charge in [-0.2, -0.15) is 9.93 Å². The molecule has 0 bridgehead atoms. The molecule has 0 amide bonds. The molecule has 1 heterocycles. The predicted molar refractivity (Wildman–Crippen MR) is 36.7 cm³/mol. The van der Waals surface area contributed by atoms with Crippen LogP contribution in [0.5, 0.6) is 0 Å². The van der Waals surface area contributed by atoms with Crippen molar-refractivity contribution in [2.75, 3.05) is 6.54 Å². The van der Waals surface area contributed by atoms with Crippen LogP contribution in [0, 0.1) is 0 Å². The van der Waals surface area contributed by atoms with Crippen LogP contribution >= 0.6 is 7.83 Å². The Balaban J connectivity index is 2.70.